The molecule has 2 aliphatic heterocycles. The highest BCUT2D eigenvalue weighted by molar-refractivity contribution is 6.31. The van der Waals surface area contributed by atoms with E-state index in [1.807, 2.05) is 24.3 Å². The second kappa shape index (κ2) is 13.2. The molecule has 1 N–H and O–H groups in total. The Balaban J connectivity index is 1.34. The fourth-order valence-corrected chi connectivity index (χ4v) is 5.15. The van der Waals surface area contributed by atoms with Gasteiger partial charge >= 0.3 is 0 Å². The molecule has 3 aromatic rings. The lowest BCUT2D eigenvalue weighted by Crippen LogP contribution is -2.36. The Labute approximate surface area is 235 Å². The molecule has 39 heavy (non-hydrogen) atoms. The molecule has 1 fully saturated rings. The smallest absolute Gasteiger partial charge is 0.238 e. The van der Waals surface area contributed by atoms with Gasteiger partial charge in [0.2, 0.25) is 5.91 Å². The number of halogens is 1. The Morgan fingerprint density at radius 3 is 2.51 bits per heavy atom. The van der Waals surface area contributed by atoms with Gasteiger partial charge in [-0.05, 0) is 86.3 Å². The highest BCUT2D eigenvalue weighted by Gasteiger charge is 2.18. The number of morpholine rings is 1. The number of benzene rings is 3. The monoisotopic (exact) mass is 549 g/mol. The van der Waals surface area contributed by atoms with Crippen LogP contribution in [0.3, 0.4) is 0 Å². The van der Waals surface area contributed by atoms with Crippen LogP contribution in [-0.4, -0.2) is 56.8 Å². The highest BCUT2D eigenvalue weighted by Crippen LogP contribution is 2.36. The van der Waals surface area contributed by atoms with Crippen molar-refractivity contribution in [1.82, 2.24) is 4.90 Å². The molecule has 5 rings (SSSR count). The fraction of sp³-hybridized carbons (Fsp3) is 0.387. The largest absolute Gasteiger partial charge is 0.490 e. The van der Waals surface area contributed by atoms with Crippen molar-refractivity contribution in [2.24, 2.45) is 0 Å². The molecule has 1 saturated heterocycles. The van der Waals surface area contributed by atoms with Gasteiger partial charge in [0.1, 0.15) is 0 Å². The average molecular weight is 550 g/mol. The summed E-state index contributed by atoms with van der Waals surface area (Å²) in [7, 11) is 0. The Kier molecular flexibility index (Phi) is 9.24. The van der Waals surface area contributed by atoms with Crippen molar-refractivity contribution in [1.29, 1.82) is 0 Å². The van der Waals surface area contributed by atoms with E-state index in [4.69, 9.17) is 25.8 Å². The van der Waals surface area contributed by atoms with Gasteiger partial charge in [-0.1, -0.05) is 29.8 Å². The summed E-state index contributed by atoms with van der Waals surface area (Å²) in [5.74, 6) is 1.68. The number of nitrogens with zero attached hydrogens (tertiary/aromatic N) is 2. The summed E-state index contributed by atoms with van der Waals surface area (Å²) in [6.45, 7) is 7.88. The Morgan fingerprint density at radius 2 is 1.69 bits per heavy atom. The summed E-state index contributed by atoms with van der Waals surface area (Å²) < 4.78 is 17.8. The number of carbonyl (C=O) groups excluding carboxylic acids is 1. The van der Waals surface area contributed by atoms with E-state index in [2.05, 4.69) is 40.2 Å². The summed E-state index contributed by atoms with van der Waals surface area (Å²) in [5, 5.41) is 3.56. The Morgan fingerprint density at radius 1 is 0.872 bits per heavy atom. The Hall–Kier alpha value is -3.26. The highest BCUT2D eigenvalue weighted by atomic mass is 35.5. The van der Waals surface area contributed by atoms with E-state index in [-0.39, 0.29) is 12.5 Å². The zero-order valence-corrected chi connectivity index (χ0v) is 23.2. The lowest BCUT2D eigenvalue weighted by atomic mass is 10.1. The van der Waals surface area contributed by atoms with Gasteiger partial charge < -0.3 is 24.4 Å². The molecule has 1 amide bonds. The first-order valence-electron chi connectivity index (χ1n) is 13.7. The van der Waals surface area contributed by atoms with Crippen LogP contribution in [0.1, 0.15) is 30.4 Å². The van der Waals surface area contributed by atoms with E-state index in [1.165, 1.54) is 16.8 Å². The number of amides is 1. The fourth-order valence-electron chi connectivity index (χ4n) is 4.98. The number of rotatable bonds is 3. The van der Waals surface area contributed by atoms with Gasteiger partial charge in [0.15, 0.2) is 17.2 Å². The molecule has 0 unspecified atom stereocenters. The number of carbonyl (C=O) groups is 1. The quantitative estimate of drug-likeness (QED) is 0.415. The summed E-state index contributed by atoms with van der Waals surface area (Å²) >= 11 is 6.29. The van der Waals surface area contributed by atoms with Gasteiger partial charge in [0.25, 0.3) is 0 Å². The number of fused-ring (bicyclic) bond motifs is 2. The van der Waals surface area contributed by atoms with Crippen LogP contribution in [0.5, 0.6) is 17.2 Å². The zero-order chi connectivity index (χ0) is 27.0. The average Bonchev–Trinajstić information content (AvgIpc) is 2.94. The van der Waals surface area contributed by atoms with Crippen molar-refractivity contribution in [3.63, 3.8) is 0 Å². The minimum atomic E-state index is -0.107. The van der Waals surface area contributed by atoms with Crippen molar-refractivity contribution in [3.05, 3.63) is 76.8 Å². The Bertz CT molecular complexity index is 1280. The van der Waals surface area contributed by atoms with E-state index in [0.29, 0.717) is 41.1 Å². The van der Waals surface area contributed by atoms with Gasteiger partial charge in [-0.3, -0.25) is 9.69 Å². The van der Waals surface area contributed by atoms with Gasteiger partial charge in [0.05, 0.1) is 32.1 Å². The predicted octanol–water partition coefficient (Wildman–Crippen LogP) is 6.28. The first-order chi connectivity index (χ1) is 19.0. The summed E-state index contributed by atoms with van der Waals surface area (Å²) in [5.41, 5.74) is 4.21. The van der Waals surface area contributed by atoms with Crippen LogP contribution in [0.25, 0.3) is 0 Å². The first kappa shape index (κ1) is 27.3. The van der Waals surface area contributed by atoms with E-state index in [9.17, 15) is 4.79 Å². The number of aryl methyl sites for hydroxylation is 1. The van der Waals surface area contributed by atoms with E-state index >= 15 is 0 Å². The van der Waals surface area contributed by atoms with Gasteiger partial charge in [-0.2, -0.15) is 0 Å². The zero-order valence-electron chi connectivity index (χ0n) is 22.5. The van der Waals surface area contributed by atoms with Crippen LogP contribution < -0.4 is 19.7 Å². The van der Waals surface area contributed by atoms with Crippen LogP contribution in [0, 0.1) is 6.92 Å². The second-order valence-electron chi connectivity index (χ2n) is 10.1. The topological polar surface area (TPSA) is 63.3 Å². The van der Waals surface area contributed by atoms with Crippen LogP contribution in [0.15, 0.2) is 60.7 Å². The number of hydrogen-bond donors (Lipinski definition) is 1. The van der Waals surface area contributed by atoms with Crippen molar-refractivity contribution in [3.8, 4) is 17.2 Å². The predicted molar refractivity (Wildman–Crippen MR) is 155 cm³/mol. The third-order valence-electron chi connectivity index (χ3n) is 7.12. The first-order valence-corrected chi connectivity index (χ1v) is 14.1. The van der Waals surface area contributed by atoms with Gasteiger partial charge in [-0.25, -0.2) is 0 Å². The van der Waals surface area contributed by atoms with Crippen molar-refractivity contribution in [2.75, 3.05) is 56.2 Å². The molecule has 2 heterocycles. The SMILES string of the molecule is Cc1cc(N2CCOCC2)ccc1CN1CCCCCOc2ccccc2Oc2ccc(Cl)cc2NC(=O)C1. The standard InChI is InChI=1S/C31H36ClN3O4/c1-23-19-26(35-14-17-37-18-15-35)11-9-24(23)21-34-13-5-2-6-16-38-29-7-3-4-8-30(29)39-28-12-10-25(32)20-27(28)33-31(36)22-34/h3-4,7-12,19-20H,2,5-6,13-18,21-22H2,1H3,(H,33,36). The number of para-hydroxylation sites is 2. The third kappa shape index (κ3) is 7.44. The maximum atomic E-state index is 13.3. The van der Waals surface area contributed by atoms with Gasteiger partial charge in [0, 0.05) is 30.3 Å². The number of anilines is 2. The summed E-state index contributed by atoms with van der Waals surface area (Å²) in [6.07, 6.45) is 2.90. The van der Waals surface area contributed by atoms with Crippen molar-refractivity contribution in [2.45, 2.75) is 32.7 Å². The normalized spacial score (nSPS) is 17.5. The molecule has 0 aromatic heterocycles. The molecule has 0 bridgehead atoms. The molecular weight excluding hydrogens is 514 g/mol. The van der Waals surface area contributed by atoms with Crippen LogP contribution >= 0.6 is 11.6 Å². The molecule has 7 nitrogen and oxygen atoms in total. The van der Waals surface area contributed by atoms with Gasteiger partial charge in [-0.15, -0.1) is 0 Å². The minimum absolute atomic E-state index is 0.107. The number of ether oxygens (including phenoxy) is 3. The molecule has 0 radical (unpaired) electrons. The molecule has 0 aliphatic carbocycles. The minimum Gasteiger partial charge on any atom is -0.490 e. The van der Waals surface area contributed by atoms with E-state index < -0.39 is 0 Å². The number of nitrogens with one attached hydrogen (secondary N) is 1. The molecule has 3 aromatic carbocycles. The van der Waals surface area contributed by atoms with Crippen LogP contribution in [0.4, 0.5) is 11.4 Å². The van der Waals surface area contributed by atoms with Crippen molar-refractivity contribution >= 4 is 28.9 Å². The van der Waals surface area contributed by atoms with Crippen LogP contribution in [-0.2, 0) is 16.1 Å². The third-order valence-corrected chi connectivity index (χ3v) is 7.36. The van der Waals surface area contributed by atoms with E-state index in [1.54, 1.807) is 18.2 Å². The van der Waals surface area contributed by atoms with E-state index in [0.717, 1.165) is 52.1 Å². The molecule has 0 saturated carbocycles. The lowest BCUT2D eigenvalue weighted by molar-refractivity contribution is -0.117. The van der Waals surface area contributed by atoms with Crippen LogP contribution in [0.2, 0.25) is 5.02 Å². The summed E-state index contributed by atoms with van der Waals surface area (Å²) in [6, 6.07) is 19.5. The molecule has 8 heteroatoms. The maximum Gasteiger partial charge on any atom is 0.238 e. The second-order valence-corrected chi connectivity index (χ2v) is 10.5. The van der Waals surface area contributed by atoms with Crippen molar-refractivity contribution < 1.29 is 19.0 Å². The maximum absolute atomic E-state index is 13.3. The lowest BCUT2D eigenvalue weighted by Gasteiger charge is -2.30. The number of hydrogen-bond acceptors (Lipinski definition) is 6. The molecule has 0 spiro atoms. The molecule has 0 atom stereocenters. The molecule has 2 aliphatic rings. The summed E-state index contributed by atoms with van der Waals surface area (Å²) in [4.78, 5) is 17.9. The molecule has 206 valence electrons. The molecular formula is C31H36ClN3O4.